The first-order valence-electron chi connectivity index (χ1n) is 16.6. The van der Waals surface area contributed by atoms with Crippen LogP contribution in [0.2, 0.25) is 0 Å². The molecule has 2 heteroatoms. The van der Waals surface area contributed by atoms with E-state index in [0.717, 1.165) is 29.5 Å². The van der Waals surface area contributed by atoms with Crippen molar-refractivity contribution in [2.75, 3.05) is 0 Å². The molecule has 0 aliphatic heterocycles. The van der Waals surface area contributed by atoms with Crippen molar-refractivity contribution >= 4 is 0 Å². The average Bonchev–Trinajstić information content (AvgIpc) is 2.94. The minimum absolute atomic E-state index is 0.615. The van der Waals surface area contributed by atoms with E-state index in [2.05, 4.69) is 26.2 Å². The van der Waals surface area contributed by atoms with Gasteiger partial charge < -0.3 is 0 Å². The first-order chi connectivity index (χ1) is 17.8. The van der Waals surface area contributed by atoms with Crippen molar-refractivity contribution < 1.29 is 0 Å². The Morgan fingerprint density at radius 3 is 1.56 bits per heavy atom. The number of unbranched alkanes of at least 4 members (excludes halogenated alkanes) is 6. The molecule has 2 nitrogen and oxygen atoms in total. The third-order valence-electron chi connectivity index (χ3n) is 10.6. The second-order valence-electron chi connectivity index (χ2n) is 13.2. The SMILES string of the molecule is CCCCCCCC1CCC(C2CCC(c3cnc(C4CCC(CCCCC)CC4)nc3)CC2)CC1. The summed E-state index contributed by atoms with van der Waals surface area (Å²) in [7, 11) is 0. The van der Waals surface area contributed by atoms with Crippen LogP contribution in [0.3, 0.4) is 0 Å². The lowest BCUT2D eigenvalue weighted by Crippen LogP contribution is -2.25. The van der Waals surface area contributed by atoms with Gasteiger partial charge in [0.15, 0.2) is 0 Å². The second kappa shape index (κ2) is 15.5. The molecule has 0 amide bonds. The number of aromatic nitrogens is 2. The maximum atomic E-state index is 4.92. The Morgan fingerprint density at radius 2 is 0.972 bits per heavy atom. The van der Waals surface area contributed by atoms with Gasteiger partial charge in [0.1, 0.15) is 5.82 Å². The molecule has 0 N–H and O–H groups in total. The lowest BCUT2D eigenvalue weighted by Gasteiger charge is -2.38. The van der Waals surface area contributed by atoms with Gasteiger partial charge in [-0.15, -0.1) is 0 Å². The zero-order valence-electron chi connectivity index (χ0n) is 24.1. The maximum absolute atomic E-state index is 4.92. The Hall–Kier alpha value is -0.920. The number of nitrogens with zero attached hydrogens (tertiary/aromatic N) is 2. The molecule has 0 aromatic carbocycles. The molecule has 0 radical (unpaired) electrons. The molecule has 3 aliphatic carbocycles. The summed E-state index contributed by atoms with van der Waals surface area (Å²) in [5, 5.41) is 0. The normalized spacial score (nSPS) is 31.4. The fourth-order valence-electron chi connectivity index (χ4n) is 8.07. The highest BCUT2D eigenvalue weighted by Gasteiger charge is 2.31. The molecule has 36 heavy (non-hydrogen) atoms. The predicted octanol–water partition coefficient (Wildman–Crippen LogP) is 10.8. The standard InChI is InChI=1S/C34H58N2/c1-3-5-7-8-10-12-28-13-17-29(18-14-28)30-21-23-31(24-22-30)33-25-35-34(36-26-33)32-19-15-27(16-20-32)11-9-6-4-2/h25-32H,3-24H2,1-2H3. The molecule has 0 unspecified atom stereocenters. The molecule has 0 atom stereocenters. The second-order valence-corrected chi connectivity index (χ2v) is 13.2. The van der Waals surface area contributed by atoms with Crippen molar-refractivity contribution in [1.29, 1.82) is 0 Å². The Bertz CT molecular complexity index is 688. The van der Waals surface area contributed by atoms with E-state index < -0.39 is 0 Å². The van der Waals surface area contributed by atoms with Crippen molar-refractivity contribution in [1.82, 2.24) is 9.97 Å². The van der Waals surface area contributed by atoms with Gasteiger partial charge in [-0.05, 0) is 99.4 Å². The van der Waals surface area contributed by atoms with Gasteiger partial charge in [0.05, 0.1) is 0 Å². The fourth-order valence-corrected chi connectivity index (χ4v) is 8.07. The van der Waals surface area contributed by atoms with Crippen LogP contribution in [-0.4, -0.2) is 9.97 Å². The number of hydrogen-bond acceptors (Lipinski definition) is 2. The Labute approximate surface area is 224 Å². The van der Waals surface area contributed by atoms with Crippen LogP contribution >= 0.6 is 0 Å². The van der Waals surface area contributed by atoms with Crippen LogP contribution in [0.1, 0.15) is 178 Å². The molecule has 0 spiro atoms. The molecular formula is C34H58N2. The molecule has 1 aromatic heterocycles. The molecule has 1 aromatic rings. The van der Waals surface area contributed by atoms with Crippen molar-refractivity contribution in [2.45, 2.75) is 167 Å². The molecule has 4 rings (SSSR count). The van der Waals surface area contributed by atoms with Gasteiger partial charge in [0, 0.05) is 18.3 Å². The van der Waals surface area contributed by atoms with E-state index in [0.29, 0.717) is 11.8 Å². The zero-order valence-corrected chi connectivity index (χ0v) is 24.1. The third-order valence-corrected chi connectivity index (χ3v) is 10.6. The van der Waals surface area contributed by atoms with Crippen molar-refractivity contribution in [3.63, 3.8) is 0 Å². The van der Waals surface area contributed by atoms with E-state index in [1.165, 1.54) is 147 Å². The first kappa shape index (κ1) is 28.1. The monoisotopic (exact) mass is 494 g/mol. The minimum Gasteiger partial charge on any atom is -0.241 e. The minimum atomic E-state index is 0.615. The summed E-state index contributed by atoms with van der Waals surface area (Å²) in [6, 6.07) is 0. The number of hydrogen-bond donors (Lipinski definition) is 0. The van der Waals surface area contributed by atoms with E-state index >= 15 is 0 Å². The summed E-state index contributed by atoms with van der Waals surface area (Å²) < 4.78 is 0. The van der Waals surface area contributed by atoms with Gasteiger partial charge in [0.2, 0.25) is 0 Å². The summed E-state index contributed by atoms with van der Waals surface area (Å²) in [6.07, 6.45) is 35.9. The molecule has 3 aliphatic rings. The van der Waals surface area contributed by atoms with E-state index in [4.69, 9.17) is 9.97 Å². The molecular weight excluding hydrogens is 436 g/mol. The average molecular weight is 495 g/mol. The largest absolute Gasteiger partial charge is 0.241 e. The molecule has 204 valence electrons. The highest BCUT2D eigenvalue weighted by Crippen LogP contribution is 2.44. The summed E-state index contributed by atoms with van der Waals surface area (Å²) in [6.45, 7) is 4.63. The lowest BCUT2D eigenvalue weighted by atomic mass is 9.68. The lowest BCUT2D eigenvalue weighted by molar-refractivity contribution is 0.155. The van der Waals surface area contributed by atoms with Crippen molar-refractivity contribution in [3.05, 3.63) is 23.8 Å². The third kappa shape index (κ3) is 8.56. The van der Waals surface area contributed by atoms with Crippen LogP contribution in [0.15, 0.2) is 12.4 Å². The van der Waals surface area contributed by atoms with Crippen molar-refractivity contribution in [3.8, 4) is 0 Å². The van der Waals surface area contributed by atoms with E-state index in [9.17, 15) is 0 Å². The van der Waals surface area contributed by atoms with E-state index in [-0.39, 0.29) is 0 Å². The summed E-state index contributed by atoms with van der Waals surface area (Å²) in [4.78, 5) is 9.85. The Morgan fingerprint density at radius 1 is 0.528 bits per heavy atom. The quantitative estimate of drug-likeness (QED) is 0.255. The predicted molar refractivity (Wildman–Crippen MR) is 154 cm³/mol. The van der Waals surface area contributed by atoms with Crippen LogP contribution < -0.4 is 0 Å². The van der Waals surface area contributed by atoms with E-state index in [1.54, 1.807) is 0 Å². The van der Waals surface area contributed by atoms with Gasteiger partial charge in [-0.1, -0.05) is 90.9 Å². The van der Waals surface area contributed by atoms with Gasteiger partial charge in [0.25, 0.3) is 0 Å². The van der Waals surface area contributed by atoms with Crippen LogP contribution in [0.5, 0.6) is 0 Å². The smallest absolute Gasteiger partial charge is 0.131 e. The maximum Gasteiger partial charge on any atom is 0.131 e. The molecule has 0 bridgehead atoms. The number of rotatable bonds is 13. The van der Waals surface area contributed by atoms with Crippen molar-refractivity contribution in [2.24, 2.45) is 23.7 Å². The topological polar surface area (TPSA) is 25.8 Å². The molecule has 1 heterocycles. The van der Waals surface area contributed by atoms with Gasteiger partial charge >= 0.3 is 0 Å². The first-order valence-corrected chi connectivity index (χ1v) is 16.6. The van der Waals surface area contributed by atoms with Crippen LogP contribution in [-0.2, 0) is 0 Å². The van der Waals surface area contributed by atoms with Gasteiger partial charge in [-0.2, -0.15) is 0 Å². The highest BCUT2D eigenvalue weighted by molar-refractivity contribution is 5.14. The Kier molecular flexibility index (Phi) is 12.1. The van der Waals surface area contributed by atoms with Crippen LogP contribution in [0.4, 0.5) is 0 Å². The summed E-state index contributed by atoms with van der Waals surface area (Å²) in [5.41, 5.74) is 1.43. The van der Waals surface area contributed by atoms with Crippen LogP contribution in [0, 0.1) is 23.7 Å². The van der Waals surface area contributed by atoms with E-state index in [1.807, 2.05) is 0 Å². The summed E-state index contributed by atoms with van der Waals surface area (Å²) >= 11 is 0. The molecule has 3 saturated carbocycles. The summed E-state index contributed by atoms with van der Waals surface area (Å²) in [5.74, 6) is 6.51. The molecule has 3 fully saturated rings. The Balaban J connectivity index is 1.13. The van der Waals surface area contributed by atoms with Gasteiger partial charge in [-0.25, -0.2) is 9.97 Å². The molecule has 0 saturated heterocycles. The fraction of sp³-hybridized carbons (Fsp3) is 0.882. The highest BCUT2D eigenvalue weighted by atomic mass is 14.9. The van der Waals surface area contributed by atoms with Crippen LogP contribution in [0.25, 0.3) is 0 Å². The van der Waals surface area contributed by atoms with Gasteiger partial charge in [-0.3, -0.25) is 0 Å². The zero-order chi connectivity index (χ0) is 25.0.